The molecule has 0 aliphatic rings. The van der Waals surface area contributed by atoms with E-state index in [-0.39, 0.29) is 5.97 Å². The fourth-order valence-corrected chi connectivity index (χ4v) is 0.651. The highest BCUT2D eigenvalue weighted by Gasteiger charge is 2.06. The highest BCUT2D eigenvalue weighted by atomic mass is 16.6. The zero-order chi connectivity index (χ0) is 8.85. The number of ether oxygens (including phenoxy) is 1. The maximum Gasteiger partial charge on any atom is 0.334 e. The Balaban J connectivity index is 3.93. The Morgan fingerprint density at radius 3 is 2.64 bits per heavy atom. The lowest BCUT2D eigenvalue weighted by Crippen LogP contribution is -2.23. The zero-order valence-electron chi connectivity index (χ0n) is 7.26. The molecular weight excluding hydrogens is 142 g/mol. The van der Waals surface area contributed by atoms with Gasteiger partial charge in [-0.05, 0) is 20.3 Å². The van der Waals surface area contributed by atoms with Crippen LogP contribution in [0, 0.1) is 0 Å². The number of hydrogen-bond acceptors (Lipinski definition) is 3. The van der Waals surface area contributed by atoms with Gasteiger partial charge in [-0.25, -0.2) is 4.79 Å². The van der Waals surface area contributed by atoms with E-state index in [4.69, 9.17) is 10.5 Å². The summed E-state index contributed by atoms with van der Waals surface area (Å²) in [5, 5.41) is 0. The van der Waals surface area contributed by atoms with Gasteiger partial charge in [-0.3, -0.25) is 5.73 Å². The number of esters is 1. The smallest absolute Gasteiger partial charge is 0.334 e. The van der Waals surface area contributed by atoms with Crippen molar-refractivity contribution in [2.24, 2.45) is 5.73 Å². The van der Waals surface area contributed by atoms with Crippen LogP contribution in [0.5, 0.6) is 0 Å². The number of nitrogens with two attached hydrogens (primary N) is 1. The average Bonchev–Trinajstić information content (AvgIpc) is 1.86. The molecule has 0 heterocycles. The molecule has 0 amide bonds. The topological polar surface area (TPSA) is 52.3 Å². The van der Waals surface area contributed by atoms with E-state index in [1.54, 1.807) is 13.8 Å². The maximum atomic E-state index is 11.0. The molecule has 11 heavy (non-hydrogen) atoms. The monoisotopic (exact) mass is 157 g/mol. The number of allylic oxidation sites excluding steroid dienone is 1. The molecule has 3 nitrogen and oxygen atoms in total. The quantitative estimate of drug-likeness (QED) is 0.380. The van der Waals surface area contributed by atoms with E-state index in [1.165, 1.54) is 0 Å². The molecule has 1 atom stereocenters. The van der Waals surface area contributed by atoms with E-state index in [1.807, 2.05) is 13.0 Å². The van der Waals surface area contributed by atoms with Gasteiger partial charge in [0.1, 0.15) is 6.23 Å². The van der Waals surface area contributed by atoms with Crippen LogP contribution in [0.2, 0.25) is 0 Å². The highest BCUT2D eigenvalue weighted by Crippen LogP contribution is 1.99. The van der Waals surface area contributed by atoms with E-state index in [9.17, 15) is 4.79 Å². The van der Waals surface area contributed by atoms with E-state index in [0.29, 0.717) is 5.57 Å². The Hall–Kier alpha value is -0.830. The summed E-state index contributed by atoms with van der Waals surface area (Å²) in [5.41, 5.74) is 5.87. The summed E-state index contributed by atoms with van der Waals surface area (Å²) in [5.74, 6) is -0.332. The van der Waals surface area contributed by atoms with Crippen molar-refractivity contribution in [3.05, 3.63) is 11.6 Å². The van der Waals surface area contributed by atoms with Crippen molar-refractivity contribution in [3.63, 3.8) is 0 Å². The molecule has 0 saturated carbocycles. The molecule has 1 unspecified atom stereocenters. The molecule has 0 aliphatic carbocycles. The van der Waals surface area contributed by atoms with Crippen molar-refractivity contribution in [2.45, 2.75) is 33.4 Å². The first-order chi connectivity index (χ1) is 5.07. The molecule has 0 saturated heterocycles. The first-order valence-corrected chi connectivity index (χ1v) is 3.71. The summed E-state index contributed by atoms with van der Waals surface area (Å²) in [6.45, 7) is 5.30. The van der Waals surface area contributed by atoms with Gasteiger partial charge in [0.25, 0.3) is 0 Å². The third-order valence-electron chi connectivity index (χ3n) is 1.13. The van der Waals surface area contributed by atoms with Gasteiger partial charge in [0.2, 0.25) is 0 Å². The van der Waals surface area contributed by atoms with Crippen molar-refractivity contribution >= 4 is 5.97 Å². The molecule has 0 aliphatic heterocycles. The molecule has 0 bridgehead atoms. The molecular formula is C8H15NO2. The fourth-order valence-electron chi connectivity index (χ4n) is 0.651. The third kappa shape index (κ3) is 4.56. The molecule has 64 valence electrons. The van der Waals surface area contributed by atoms with E-state index in [2.05, 4.69) is 0 Å². The van der Waals surface area contributed by atoms with E-state index >= 15 is 0 Å². The van der Waals surface area contributed by atoms with Crippen LogP contribution in [0.15, 0.2) is 11.6 Å². The lowest BCUT2D eigenvalue weighted by molar-refractivity contribution is -0.143. The van der Waals surface area contributed by atoms with Crippen LogP contribution >= 0.6 is 0 Å². The predicted octanol–water partition coefficient (Wildman–Crippen LogP) is 1.19. The molecule has 0 radical (unpaired) electrons. The number of hydrogen-bond donors (Lipinski definition) is 1. The first kappa shape index (κ1) is 10.2. The lowest BCUT2D eigenvalue weighted by Gasteiger charge is -2.06. The summed E-state index contributed by atoms with van der Waals surface area (Å²) in [4.78, 5) is 11.0. The molecule has 3 heteroatoms. The van der Waals surface area contributed by atoms with Crippen LogP contribution < -0.4 is 5.73 Å². The van der Waals surface area contributed by atoms with Gasteiger partial charge in [0, 0.05) is 5.57 Å². The highest BCUT2D eigenvalue weighted by molar-refractivity contribution is 5.87. The molecule has 0 fully saturated rings. The minimum atomic E-state index is -0.525. The maximum absolute atomic E-state index is 11.0. The van der Waals surface area contributed by atoms with Gasteiger partial charge in [0.15, 0.2) is 0 Å². The lowest BCUT2D eigenvalue weighted by atomic mass is 10.2. The van der Waals surface area contributed by atoms with Crippen LogP contribution in [0.3, 0.4) is 0 Å². The molecule has 0 spiro atoms. The molecule has 2 N–H and O–H groups in total. The summed E-state index contributed by atoms with van der Waals surface area (Å²) in [6, 6.07) is 0. The Morgan fingerprint density at radius 2 is 2.27 bits per heavy atom. The van der Waals surface area contributed by atoms with Crippen LogP contribution in [0.25, 0.3) is 0 Å². The summed E-state index contributed by atoms with van der Waals surface area (Å²) in [7, 11) is 0. The average molecular weight is 157 g/mol. The van der Waals surface area contributed by atoms with E-state index in [0.717, 1.165) is 6.42 Å². The van der Waals surface area contributed by atoms with Gasteiger partial charge in [-0.2, -0.15) is 0 Å². The Kier molecular flexibility index (Phi) is 4.54. The Labute approximate surface area is 67.2 Å². The van der Waals surface area contributed by atoms with Crippen molar-refractivity contribution in [3.8, 4) is 0 Å². The normalized spacial score (nSPS) is 14.4. The summed E-state index contributed by atoms with van der Waals surface area (Å²) >= 11 is 0. The molecule has 0 rings (SSSR count). The van der Waals surface area contributed by atoms with Crippen molar-refractivity contribution in [1.82, 2.24) is 0 Å². The van der Waals surface area contributed by atoms with Crippen molar-refractivity contribution in [2.75, 3.05) is 0 Å². The van der Waals surface area contributed by atoms with Gasteiger partial charge in [0.05, 0.1) is 0 Å². The minimum Gasteiger partial charge on any atom is -0.444 e. The van der Waals surface area contributed by atoms with Gasteiger partial charge in [-0.15, -0.1) is 0 Å². The Bertz CT molecular complexity index is 161. The zero-order valence-corrected chi connectivity index (χ0v) is 7.26. The summed E-state index contributed by atoms with van der Waals surface area (Å²) < 4.78 is 4.74. The number of carbonyl (C=O) groups is 1. The van der Waals surface area contributed by atoms with Crippen molar-refractivity contribution in [1.29, 1.82) is 0 Å². The summed E-state index contributed by atoms with van der Waals surface area (Å²) in [6.07, 6.45) is 2.12. The standard InChI is InChI=1S/C8H15NO2/c1-4-5-6(2)8(10)11-7(3)9/h5,7H,4,9H2,1-3H3/b6-5+. The second-order valence-corrected chi connectivity index (χ2v) is 2.41. The predicted molar refractivity (Wildman–Crippen MR) is 43.8 cm³/mol. The fraction of sp³-hybridized carbons (Fsp3) is 0.625. The van der Waals surface area contributed by atoms with Crippen molar-refractivity contribution < 1.29 is 9.53 Å². The minimum absolute atomic E-state index is 0.332. The van der Waals surface area contributed by atoms with E-state index < -0.39 is 6.23 Å². The SMILES string of the molecule is CC/C=C(\C)C(=O)OC(C)N. The molecule has 0 aromatic rings. The second kappa shape index (κ2) is 4.91. The van der Waals surface area contributed by atoms with Gasteiger partial charge >= 0.3 is 5.97 Å². The largest absolute Gasteiger partial charge is 0.444 e. The van der Waals surface area contributed by atoms with Gasteiger partial charge in [-0.1, -0.05) is 13.0 Å². The van der Waals surface area contributed by atoms with Crippen LogP contribution in [-0.2, 0) is 9.53 Å². The first-order valence-electron chi connectivity index (χ1n) is 3.71. The van der Waals surface area contributed by atoms with Crippen LogP contribution in [0.1, 0.15) is 27.2 Å². The third-order valence-corrected chi connectivity index (χ3v) is 1.13. The van der Waals surface area contributed by atoms with Crippen LogP contribution in [0.4, 0.5) is 0 Å². The Morgan fingerprint density at radius 1 is 1.73 bits per heavy atom. The van der Waals surface area contributed by atoms with Crippen LogP contribution in [-0.4, -0.2) is 12.2 Å². The second-order valence-electron chi connectivity index (χ2n) is 2.41. The molecule has 0 aromatic carbocycles. The van der Waals surface area contributed by atoms with Gasteiger partial charge < -0.3 is 4.74 Å². The number of rotatable bonds is 3. The number of carbonyl (C=O) groups excluding carboxylic acids is 1. The molecule has 0 aromatic heterocycles.